The molecule has 1 aliphatic rings. The Hall–Kier alpha value is -3.33. The van der Waals surface area contributed by atoms with Crippen molar-refractivity contribution < 1.29 is 22.7 Å². The van der Waals surface area contributed by atoms with E-state index in [0.717, 1.165) is 16.9 Å². The number of carbonyl (C=O) groups excluding carboxylic acids is 1. The summed E-state index contributed by atoms with van der Waals surface area (Å²) >= 11 is 0. The number of nitrogens with one attached hydrogen (secondary N) is 1. The van der Waals surface area contributed by atoms with Gasteiger partial charge < -0.3 is 14.8 Å². The predicted molar refractivity (Wildman–Crippen MR) is 145 cm³/mol. The van der Waals surface area contributed by atoms with E-state index in [9.17, 15) is 13.2 Å². The summed E-state index contributed by atoms with van der Waals surface area (Å²) in [5, 5.41) is 7.59. The maximum atomic E-state index is 12.8. The third kappa shape index (κ3) is 6.71. The summed E-state index contributed by atoms with van der Waals surface area (Å²) in [6, 6.07) is 14.9. The summed E-state index contributed by atoms with van der Waals surface area (Å²) in [5.41, 5.74) is 3.65. The highest BCUT2D eigenvalue weighted by molar-refractivity contribution is 7.91. The van der Waals surface area contributed by atoms with Gasteiger partial charge in [-0.3, -0.25) is 4.79 Å². The van der Waals surface area contributed by atoms with Crippen LogP contribution in [0.15, 0.2) is 48.5 Å². The van der Waals surface area contributed by atoms with Crippen molar-refractivity contribution >= 4 is 21.6 Å². The molecule has 2 aromatic carbocycles. The zero-order chi connectivity index (χ0) is 26.7. The Bertz CT molecular complexity index is 1360. The molecular weight excluding hydrogens is 490 g/mol. The average molecular weight is 526 g/mol. The molecule has 4 rings (SSSR count). The number of nitrogens with zero attached hydrogens (tertiary/aromatic N) is 2. The third-order valence-corrected chi connectivity index (χ3v) is 8.06. The number of amides is 1. The van der Waals surface area contributed by atoms with Crippen LogP contribution in [-0.2, 0) is 14.6 Å². The lowest BCUT2D eigenvalue weighted by Crippen LogP contribution is -2.23. The van der Waals surface area contributed by atoms with Gasteiger partial charge in [-0.1, -0.05) is 26.0 Å². The van der Waals surface area contributed by atoms with Gasteiger partial charge in [-0.25, -0.2) is 13.1 Å². The van der Waals surface area contributed by atoms with Crippen LogP contribution in [0.1, 0.15) is 57.2 Å². The van der Waals surface area contributed by atoms with E-state index in [1.807, 2.05) is 63.2 Å². The SMILES string of the molecule is Cc1cc(-c2cc(NC(=O)COc3ccc(C(C)C)cc3)n([C@H]3CCS(=O)(=O)C3)n2)ccc1OC(C)C. The fourth-order valence-electron chi connectivity index (χ4n) is 4.35. The predicted octanol–water partition coefficient (Wildman–Crippen LogP) is 5.15. The minimum atomic E-state index is -3.14. The summed E-state index contributed by atoms with van der Waals surface area (Å²) < 4.78 is 37.5. The number of rotatable bonds is 9. The van der Waals surface area contributed by atoms with Crippen LogP contribution in [0.4, 0.5) is 5.82 Å². The van der Waals surface area contributed by atoms with Gasteiger partial charge in [0, 0.05) is 11.6 Å². The zero-order valence-electron chi connectivity index (χ0n) is 22.0. The molecular formula is C28H35N3O5S. The molecule has 1 saturated heterocycles. The van der Waals surface area contributed by atoms with E-state index < -0.39 is 9.84 Å². The summed E-state index contributed by atoms with van der Waals surface area (Å²) in [4.78, 5) is 12.8. The van der Waals surface area contributed by atoms with Gasteiger partial charge in [-0.05, 0) is 74.6 Å². The van der Waals surface area contributed by atoms with Gasteiger partial charge in [0.05, 0.1) is 29.3 Å². The number of carbonyl (C=O) groups is 1. The Kier molecular flexibility index (Phi) is 7.92. The molecule has 1 amide bonds. The van der Waals surface area contributed by atoms with Crippen LogP contribution in [0.25, 0.3) is 11.3 Å². The molecule has 0 bridgehead atoms. The molecule has 3 aromatic rings. The second-order valence-electron chi connectivity index (χ2n) is 10.1. The number of sulfone groups is 1. The molecule has 9 heteroatoms. The van der Waals surface area contributed by atoms with Crippen molar-refractivity contribution in [3.8, 4) is 22.8 Å². The summed E-state index contributed by atoms with van der Waals surface area (Å²) in [7, 11) is -3.14. The lowest BCUT2D eigenvalue weighted by Gasteiger charge is -2.14. The lowest BCUT2D eigenvalue weighted by atomic mass is 10.0. The Morgan fingerprint density at radius 1 is 1.11 bits per heavy atom. The first-order valence-electron chi connectivity index (χ1n) is 12.6. The van der Waals surface area contributed by atoms with E-state index >= 15 is 0 Å². The highest BCUT2D eigenvalue weighted by Crippen LogP contribution is 2.32. The monoisotopic (exact) mass is 525 g/mol. The van der Waals surface area contributed by atoms with E-state index in [2.05, 4.69) is 19.2 Å². The van der Waals surface area contributed by atoms with Crippen molar-refractivity contribution in [3.05, 3.63) is 59.7 Å². The number of aryl methyl sites for hydroxylation is 1. The first-order valence-corrected chi connectivity index (χ1v) is 14.4. The van der Waals surface area contributed by atoms with Crippen LogP contribution in [0.5, 0.6) is 11.5 Å². The number of hydrogen-bond donors (Lipinski definition) is 1. The number of ether oxygens (including phenoxy) is 2. The lowest BCUT2D eigenvalue weighted by molar-refractivity contribution is -0.118. The third-order valence-electron chi connectivity index (χ3n) is 6.31. The Labute approximate surface area is 218 Å². The van der Waals surface area contributed by atoms with Crippen LogP contribution in [-0.4, -0.2) is 48.3 Å². The van der Waals surface area contributed by atoms with Crippen molar-refractivity contribution in [2.45, 2.75) is 59.1 Å². The number of hydrogen-bond acceptors (Lipinski definition) is 6. The highest BCUT2D eigenvalue weighted by Gasteiger charge is 2.32. The average Bonchev–Trinajstić information content (AvgIpc) is 3.41. The largest absolute Gasteiger partial charge is 0.491 e. The molecule has 37 heavy (non-hydrogen) atoms. The topological polar surface area (TPSA) is 99.5 Å². The van der Waals surface area contributed by atoms with Gasteiger partial charge in [0.15, 0.2) is 16.4 Å². The molecule has 1 N–H and O–H groups in total. The van der Waals surface area contributed by atoms with E-state index in [1.165, 1.54) is 5.56 Å². The molecule has 1 aliphatic heterocycles. The van der Waals surface area contributed by atoms with Crippen LogP contribution < -0.4 is 14.8 Å². The van der Waals surface area contributed by atoms with Crippen molar-refractivity contribution in [2.75, 3.05) is 23.4 Å². The fraction of sp³-hybridized carbons (Fsp3) is 0.429. The molecule has 0 unspecified atom stereocenters. The number of benzene rings is 2. The smallest absolute Gasteiger partial charge is 0.263 e. The van der Waals surface area contributed by atoms with Gasteiger partial charge in [0.2, 0.25) is 0 Å². The van der Waals surface area contributed by atoms with Crippen LogP contribution in [0.3, 0.4) is 0 Å². The summed E-state index contributed by atoms with van der Waals surface area (Å²) in [5.74, 6) is 2.02. The zero-order valence-corrected chi connectivity index (χ0v) is 22.8. The van der Waals surface area contributed by atoms with Crippen LogP contribution in [0, 0.1) is 6.92 Å². The number of aromatic nitrogens is 2. The molecule has 8 nitrogen and oxygen atoms in total. The van der Waals surface area contributed by atoms with E-state index in [4.69, 9.17) is 14.6 Å². The van der Waals surface area contributed by atoms with E-state index in [0.29, 0.717) is 29.6 Å². The first-order chi connectivity index (χ1) is 17.5. The minimum Gasteiger partial charge on any atom is -0.491 e. The summed E-state index contributed by atoms with van der Waals surface area (Å²) in [6.45, 7) is 9.98. The summed E-state index contributed by atoms with van der Waals surface area (Å²) in [6.07, 6.45) is 0.510. The molecule has 0 spiro atoms. The maximum Gasteiger partial charge on any atom is 0.263 e. The van der Waals surface area contributed by atoms with E-state index in [1.54, 1.807) is 10.7 Å². The Balaban J connectivity index is 1.54. The van der Waals surface area contributed by atoms with Crippen molar-refractivity contribution in [3.63, 3.8) is 0 Å². The first kappa shape index (κ1) is 26.7. The second-order valence-corrected chi connectivity index (χ2v) is 12.4. The van der Waals surface area contributed by atoms with Gasteiger partial charge >= 0.3 is 0 Å². The van der Waals surface area contributed by atoms with Gasteiger partial charge in [-0.2, -0.15) is 5.10 Å². The Morgan fingerprint density at radius 2 is 1.84 bits per heavy atom. The van der Waals surface area contributed by atoms with Crippen LogP contribution >= 0.6 is 0 Å². The molecule has 1 fully saturated rings. The minimum absolute atomic E-state index is 0.00408. The van der Waals surface area contributed by atoms with Crippen molar-refractivity contribution in [1.29, 1.82) is 0 Å². The quantitative estimate of drug-likeness (QED) is 0.415. The molecule has 0 radical (unpaired) electrons. The molecule has 198 valence electrons. The normalized spacial score (nSPS) is 16.8. The molecule has 0 saturated carbocycles. The Morgan fingerprint density at radius 3 is 2.43 bits per heavy atom. The second kappa shape index (κ2) is 11.0. The van der Waals surface area contributed by atoms with Gasteiger partial charge in [-0.15, -0.1) is 0 Å². The molecule has 1 atom stereocenters. The van der Waals surface area contributed by atoms with Crippen LogP contribution in [0.2, 0.25) is 0 Å². The van der Waals surface area contributed by atoms with Gasteiger partial charge in [0.25, 0.3) is 5.91 Å². The molecule has 0 aliphatic carbocycles. The standard InChI is InChI=1S/C28H35N3O5S/c1-18(2)21-6-9-24(10-7-21)35-16-28(32)29-27-15-25(30-31(27)23-12-13-37(33,34)17-23)22-8-11-26(20(5)14-22)36-19(3)4/h6-11,14-15,18-19,23H,12-13,16-17H2,1-5H3,(H,29,32)/t23-/m0/s1. The van der Waals surface area contributed by atoms with Crippen molar-refractivity contribution in [2.24, 2.45) is 0 Å². The molecule has 2 heterocycles. The fourth-order valence-corrected chi connectivity index (χ4v) is 6.04. The maximum absolute atomic E-state index is 12.8. The molecule has 1 aromatic heterocycles. The van der Waals surface area contributed by atoms with Crippen molar-refractivity contribution in [1.82, 2.24) is 9.78 Å². The number of anilines is 1. The highest BCUT2D eigenvalue weighted by atomic mass is 32.2. The van der Waals surface area contributed by atoms with Gasteiger partial charge in [0.1, 0.15) is 17.3 Å². The van der Waals surface area contributed by atoms with E-state index in [-0.39, 0.29) is 36.2 Å².